The van der Waals surface area contributed by atoms with Crippen LogP contribution in [0.5, 0.6) is 0 Å². The minimum atomic E-state index is -0.102. The first kappa shape index (κ1) is 12.2. The zero-order valence-corrected chi connectivity index (χ0v) is 10.7. The molecule has 0 aliphatic heterocycles. The second-order valence-corrected chi connectivity index (χ2v) is 4.36. The second kappa shape index (κ2) is 4.56. The molecular formula is C12H16N4O2. The van der Waals surface area contributed by atoms with E-state index in [9.17, 15) is 4.79 Å². The minimum Gasteiger partial charge on any atom is -0.397 e. The molecule has 0 aliphatic carbocycles. The Morgan fingerprint density at radius 1 is 1.56 bits per heavy atom. The number of amides is 1. The monoisotopic (exact) mass is 248 g/mol. The van der Waals surface area contributed by atoms with Gasteiger partial charge in [0.05, 0.1) is 12.2 Å². The number of anilines is 1. The van der Waals surface area contributed by atoms with Gasteiger partial charge in [-0.2, -0.15) is 0 Å². The van der Waals surface area contributed by atoms with Crippen molar-refractivity contribution >= 4 is 11.6 Å². The summed E-state index contributed by atoms with van der Waals surface area (Å²) in [6, 6.07) is 3.47. The fourth-order valence-electron chi connectivity index (χ4n) is 1.81. The highest BCUT2D eigenvalue weighted by atomic mass is 16.5. The van der Waals surface area contributed by atoms with Crippen molar-refractivity contribution in [2.75, 3.05) is 12.8 Å². The van der Waals surface area contributed by atoms with Crippen LogP contribution in [-0.4, -0.2) is 27.6 Å². The highest BCUT2D eigenvalue weighted by molar-refractivity contribution is 5.93. The Hall–Kier alpha value is -2.24. The van der Waals surface area contributed by atoms with Gasteiger partial charge in [0, 0.05) is 26.4 Å². The van der Waals surface area contributed by atoms with Crippen molar-refractivity contribution in [1.29, 1.82) is 0 Å². The third kappa shape index (κ3) is 2.37. The third-order valence-corrected chi connectivity index (χ3v) is 2.67. The molecule has 6 heteroatoms. The van der Waals surface area contributed by atoms with Crippen molar-refractivity contribution in [2.45, 2.75) is 13.5 Å². The summed E-state index contributed by atoms with van der Waals surface area (Å²) in [6.07, 6.45) is 1.71. The van der Waals surface area contributed by atoms with Gasteiger partial charge in [0.15, 0.2) is 0 Å². The molecule has 18 heavy (non-hydrogen) atoms. The molecule has 6 nitrogen and oxygen atoms in total. The molecule has 0 bridgehead atoms. The van der Waals surface area contributed by atoms with E-state index in [1.165, 1.54) is 0 Å². The first-order valence-electron chi connectivity index (χ1n) is 5.57. The van der Waals surface area contributed by atoms with Crippen molar-refractivity contribution in [3.63, 3.8) is 0 Å². The summed E-state index contributed by atoms with van der Waals surface area (Å²) < 4.78 is 6.68. The van der Waals surface area contributed by atoms with Crippen molar-refractivity contribution in [3.8, 4) is 0 Å². The summed E-state index contributed by atoms with van der Waals surface area (Å²) in [5, 5.41) is 3.86. The lowest BCUT2D eigenvalue weighted by Crippen LogP contribution is -2.27. The van der Waals surface area contributed by atoms with E-state index in [0.717, 1.165) is 11.5 Å². The number of hydrogen-bond acceptors (Lipinski definition) is 4. The van der Waals surface area contributed by atoms with Gasteiger partial charge in [-0.1, -0.05) is 5.16 Å². The maximum atomic E-state index is 12.2. The van der Waals surface area contributed by atoms with Crippen LogP contribution in [0.25, 0.3) is 0 Å². The van der Waals surface area contributed by atoms with Crippen LogP contribution in [-0.2, 0) is 13.6 Å². The number of aromatic nitrogens is 2. The number of carbonyl (C=O) groups excluding carboxylic acids is 1. The van der Waals surface area contributed by atoms with Crippen LogP contribution in [0.2, 0.25) is 0 Å². The van der Waals surface area contributed by atoms with Crippen molar-refractivity contribution in [3.05, 3.63) is 35.5 Å². The van der Waals surface area contributed by atoms with Gasteiger partial charge < -0.3 is 19.7 Å². The van der Waals surface area contributed by atoms with Crippen molar-refractivity contribution in [1.82, 2.24) is 14.6 Å². The fraction of sp³-hybridized carbons (Fsp3) is 0.333. The molecule has 0 radical (unpaired) electrons. The lowest BCUT2D eigenvalue weighted by atomic mass is 10.3. The van der Waals surface area contributed by atoms with Gasteiger partial charge in [-0.3, -0.25) is 4.79 Å². The van der Waals surface area contributed by atoms with Crippen LogP contribution in [0.3, 0.4) is 0 Å². The molecule has 0 aromatic carbocycles. The van der Waals surface area contributed by atoms with Crippen LogP contribution in [0.4, 0.5) is 5.69 Å². The molecule has 2 heterocycles. The molecular weight excluding hydrogens is 232 g/mol. The largest absolute Gasteiger partial charge is 0.397 e. The summed E-state index contributed by atoms with van der Waals surface area (Å²) in [6.45, 7) is 2.22. The predicted molar refractivity (Wildman–Crippen MR) is 66.9 cm³/mol. The van der Waals surface area contributed by atoms with E-state index in [-0.39, 0.29) is 5.91 Å². The van der Waals surface area contributed by atoms with Gasteiger partial charge >= 0.3 is 0 Å². The molecule has 2 aromatic rings. The van der Waals surface area contributed by atoms with E-state index in [0.29, 0.717) is 17.9 Å². The summed E-state index contributed by atoms with van der Waals surface area (Å²) in [5.41, 5.74) is 7.51. The molecule has 2 N–H and O–H groups in total. The fourth-order valence-corrected chi connectivity index (χ4v) is 1.81. The highest BCUT2D eigenvalue weighted by Gasteiger charge is 2.17. The second-order valence-electron chi connectivity index (χ2n) is 4.36. The Bertz CT molecular complexity index is 570. The SMILES string of the molecule is Cc1cc(CN(C)C(=O)c2cc(N)cn2C)no1. The molecule has 0 spiro atoms. The van der Waals surface area contributed by atoms with Gasteiger partial charge in [-0.05, 0) is 13.0 Å². The zero-order valence-electron chi connectivity index (χ0n) is 10.7. The van der Waals surface area contributed by atoms with Crippen LogP contribution in [0, 0.1) is 6.92 Å². The first-order valence-corrected chi connectivity index (χ1v) is 5.57. The highest BCUT2D eigenvalue weighted by Crippen LogP contribution is 2.12. The predicted octanol–water partition coefficient (Wildman–Crippen LogP) is 1.18. The van der Waals surface area contributed by atoms with Gasteiger partial charge in [0.25, 0.3) is 5.91 Å². The molecule has 2 aromatic heterocycles. The number of rotatable bonds is 3. The number of aryl methyl sites for hydroxylation is 2. The number of nitrogen functional groups attached to an aromatic ring is 1. The van der Waals surface area contributed by atoms with Crippen LogP contribution in [0.15, 0.2) is 22.9 Å². The molecule has 2 rings (SSSR count). The molecule has 0 aliphatic rings. The molecule has 0 unspecified atom stereocenters. The molecule has 96 valence electrons. The molecule has 0 saturated carbocycles. The minimum absolute atomic E-state index is 0.102. The Kier molecular flexibility index (Phi) is 3.10. The van der Waals surface area contributed by atoms with Crippen molar-refractivity contribution in [2.24, 2.45) is 7.05 Å². The topological polar surface area (TPSA) is 77.3 Å². The smallest absolute Gasteiger partial charge is 0.270 e. The standard InChI is InChI=1S/C12H16N4O2/c1-8-4-10(14-18-8)7-16(3)12(17)11-5-9(13)6-15(11)2/h4-6H,7,13H2,1-3H3. The van der Waals surface area contributed by atoms with E-state index in [2.05, 4.69) is 5.16 Å². The summed E-state index contributed by atoms with van der Waals surface area (Å²) in [7, 11) is 3.51. The maximum absolute atomic E-state index is 12.2. The van der Waals surface area contributed by atoms with Gasteiger partial charge in [0.2, 0.25) is 0 Å². The zero-order chi connectivity index (χ0) is 13.3. The lowest BCUT2D eigenvalue weighted by Gasteiger charge is -2.15. The third-order valence-electron chi connectivity index (χ3n) is 2.67. The van der Waals surface area contributed by atoms with Gasteiger partial charge in [0.1, 0.15) is 17.1 Å². The summed E-state index contributed by atoms with van der Waals surface area (Å²) in [4.78, 5) is 13.8. The average molecular weight is 248 g/mol. The van der Waals surface area contributed by atoms with Gasteiger partial charge in [-0.15, -0.1) is 0 Å². The first-order chi connectivity index (χ1) is 8.47. The average Bonchev–Trinajstić information content (AvgIpc) is 2.84. The Morgan fingerprint density at radius 3 is 2.78 bits per heavy atom. The number of hydrogen-bond donors (Lipinski definition) is 1. The van der Waals surface area contributed by atoms with Crippen LogP contribution in [0.1, 0.15) is 21.9 Å². The normalized spacial score (nSPS) is 10.6. The van der Waals surface area contributed by atoms with Crippen LogP contribution >= 0.6 is 0 Å². The molecule has 1 amide bonds. The van der Waals surface area contributed by atoms with Gasteiger partial charge in [-0.25, -0.2) is 0 Å². The molecule has 0 fully saturated rings. The number of nitrogens with zero attached hydrogens (tertiary/aromatic N) is 3. The van der Waals surface area contributed by atoms with E-state index in [4.69, 9.17) is 10.3 Å². The van der Waals surface area contributed by atoms with E-state index >= 15 is 0 Å². The Balaban J connectivity index is 2.11. The maximum Gasteiger partial charge on any atom is 0.270 e. The lowest BCUT2D eigenvalue weighted by molar-refractivity contribution is 0.0772. The number of carbonyl (C=O) groups is 1. The van der Waals surface area contributed by atoms with Crippen LogP contribution < -0.4 is 5.73 Å². The van der Waals surface area contributed by atoms with E-state index in [1.807, 2.05) is 13.0 Å². The Labute approximate surface area is 105 Å². The molecule has 0 saturated heterocycles. The summed E-state index contributed by atoms with van der Waals surface area (Å²) in [5.74, 6) is 0.629. The summed E-state index contributed by atoms with van der Waals surface area (Å²) >= 11 is 0. The number of nitrogens with two attached hydrogens (primary N) is 1. The molecule has 0 atom stereocenters. The Morgan fingerprint density at radius 2 is 2.28 bits per heavy atom. The quantitative estimate of drug-likeness (QED) is 0.884. The van der Waals surface area contributed by atoms with E-state index < -0.39 is 0 Å². The van der Waals surface area contributed by atoms with Crippen molar-refractivity contribution < 1.29 is 9.32 Å². The van der Waals surface area contributed by atoms with E-state index in [1.54, 1.807) is 35.8 Å².